The molecule has 2 rings (SSSR count). The number of carbonyl (C=O) groups excluding carboxylic acids is 1. The first kappa shape index (κ1) is 21.8. The fraction of sp³-hybridized carbons (Fsp3) is 0.381. The summed E-state index contributed by atoms with van der Waals surface area (Å²) >= 11 is 0. The number of carbonyl (C=O) groups is 1. The Bertz CT molecular complexity index is 806. The van der Waals surface area contributed by atoms with Gasteiger partial charge in [-0.1, -0.05) is 29.8 Å². The Balaban J connectivity index is 1.86. The first-order valence-electron chi connectivity index (χ1n) is 9.03. The van der Waals surface area contributed by atoms with Gasteiger partial charge in [-0.15, -0.1) is 0 Å². The molecule has 0 aliphatic carbocycles. The molecule has 2 aromatic carbocycles. The van der Waals surface area contributed by atoms with E-state index in [0.717, 1.165) is 22.9 Å². The molecule has 7 heteroatoms. The van der Waals surface area contributed by atoms with Gasteiger partial charge in [0.25, 0.3) is 0 Å². The van der Waals surface area contributed by atoms with Gasteiger partial charge in [0.1, 0.15) is 5.75 Å². The van der Waals surface area contributed by atoms with Gasteiger partial charge in [-0.2, -0.15) is 13.2 Å². The van der Waals surface area contributed by atoms with Crippen LogP contribution in [0.3, 0.4) is 0 Å². The second-order valence-corrected chi connectivity index (χ2v) is 6.72. The smallest absolute Gasteiger partial charge is 0.418 e. The van der Waals surface area contributed by atoms with Gasteiger partial charge in [-0.3, -0.25) is 4.79 Å². The summed E-state index contributed by atoms with van der Waals surface area (Å²) in [5.41, 5.74) is 1.12. The number of nitrogens with one attached hydrogen (secondary N) is 2. The van der Waals surface area contributed by atoms with Crippen molar-refractivity contribution < 1.29 is 22.7 Å². The lowest BCUT2D eigenvalue weighted by molar-refractivity contribution is -0.137. The number of halogens is 3. The fourth-order valence-electron chi connectivity index (χ4n) is 2.95. The maximum Gasteiger partial charge on any atom is 0.418 e. The number of methoxy groups -OCH3 is 1. The molecular formula is C21H25F3N2O2. The summed E-state index contributed by atoms with van der Waals surface area (Å²) < 4.78 is 44.4. The van der Waals surface area contributed by atoms with Gasteiger partial charge in [0, 0.05) is 12.5 Å². The molecule has 0 fully saturated rings. The number of hydrogen-bond acceptors (Lipinski definition) is 3. The van der Waals surface area contributed by atoms with E-state index in [1.165, 1.54) is 18.2 Å². The Morgan fingerprint density at radius 3 is 2.57 bits per heavy atom. The zero-order valence-corrected chi connectivity index (χ0v) is 16.2. The maximum atomic E-state index is 13.0. The molecule has 0 radical (unpaired) electrons. The van der Waals surface area contributed by atoms with Gasteiger partial charge in [-0.25, -0.2) is 0 Å². The highest BCUT2D eigenvalue weighted by molar-refractivity contribution is 5.92. The van der Waals surface area contributed by atoms with Crippen LogP contribution in [0.2, 0.25) is 0 Å². The molecule has 0 aromatic heterocycles. The van der Waals surface area contributed by atoms with Crippen molar-refractivity contribution >= 4 is 11.6 Å². The van der Waals surface area contributed by atoms with E-state index < -0.39 is 17.6 Å². The van der Waals surface area contributed by atoms with Gasteiger partial charge >= 0.3 is 6.18 Å². The lowest BCUT2D eigenvalue weighted by Gasteiger charge is -2.17. The SMILES string of the molecule is COc1ccc(C)cc1CCNC(C)CC(=O)Nc1ccccc1C(F)(F)F. The molecule has 1 unspecified atom stereocenters. The second kappa shape index (κ2) is 9.59. The molecule has 0 spiro atoms. The Morgan fingerprint density at radius 1 is 1.18 bits per heavy atom. The van der Waals surface area contributed by atoms with Crippen molar-refractivity contribution in [3.63, 3.8) is 0 Å². The average Bonchev–Trinajstić information content (AvgIpc) is 2.61. The largest absolute Gasteiger partial charge is 0.496 e. The van der Waals surface area contributed by atoms with Gasteiger partial charge in [0.2, 0.25) is 5.91 Å². The minimum Gasteiger partial charge on any atom is -0.496 e. The standard InChI is InChI=1S/C21H25F3N2O2/c1-14-8-9-19(28-3)16(12-14)10-11-25-15(2)13-20(27)26-18-7-5-4-6-17(18)21(22,23)24/h4-9,12,15,25H,10-11,13H2,1-3H3,(H,26,27). The number of anilines is 1. The number of aryl methyl sites for hydroxylation is 1. The second-order valence-electron chi connectivity index (χ2n) is 6.72. The first-order valence-corrected chi connectivity index (χ1v) is 9.03. The molecule has 4 nitrogen and oxygen atoms in total. The van der Waals surface area contributed by atoms with Crippen molar-refractivity contribution in [2.45, 2.75) is 38.9 Å². The molecule has 0 aliphatic rings. The Morgan fingerprint density at radius 2 is 1.89 bits per heavy atom. The van der Waals surface area contributed by atoms with Crippen molar-refractivity contribution in [2.24, 2.45) is 0 Å². The third kappa shape index (κ3) is 6.27. The van der Waals surface area contributed by atoms with E-state index in [4.69, 9.17) is 4.74 Å². The van der Waals surface area contributed by atoms with Crippen LogP contribution >= 0.6 is 0 Å². The van der Waals surface area contributed by atoms with E-state index in [9.17, 15) is 18.0 Å². The van der Waals surface area contributed by atoms with Crippen molar-refractivity contribution in [3.05, 3.63) is 59.2 Å². The summed E-state index contributed by atoms with van der Waals surface area (Å²) in [5, 5.41) is 5.59. The molecular weight excluding hydrogens is 369 g/mol. The van der Waals surface area contributed by atoms with Crippen LogP contribution in [0.1, 0.15) is 30.0 Å². The molecule has 0 heterocycles. The van der Waals surface area contributed by atoms with Gasteiger partial charge in [0.05, 0.1) is 18.4 Å². The molecule has 28 heavy (non-hydrogen) atoms. The van der Waals surface area contributed by atoms with E-state index in [1.807, 2.05) is 32.0 Å². The zero-order valence-electron chi connectivity index (χ0n) is 16.2. The molecule has 0 saturated carbocycles. The van der Waals surface area contributed by atoms with Crippen molar-refractivity contribution in [1.82, 2.24) is 5.32 Å². The quantitative estimate of drug-likeness (QED) is 0.690. The number of hydrogen-bond donors (Lipinski definition) is 2. The fourth-order valence-corrected chi connectivity index (χ4v) is 2.95. The minimum atomic E-state index is -4.51. The van der Waals surface area contributed by atoms with Crippen molar-refractivity contribution in [3.8, 4) is 5.75 Å². The molecule has 0 bridgehead atoms. The van der Waals surface area contributed by atoms with Gasteiger partial charge < -0.3 is 15.4 Å². The molecule has 2 aromatic rings. The average molecular weight is 394 g/mol. The first-order chi connectivity index (χ1) is 13.2. The summed E-state index contributed by atoms with van der Waals surface area (Å²) in [6.07, 6.45) is -3.73. The van der Waals surface area contributed by atoms with Gasteiger partial charge in [-0.05, 0) is 50.6 Å². The van der Waals surface area contributed by atoms with E-state index in [1.54, 1.807) is 7.11 Å². The number of para-hydroxylation sites is 1. The summed E-state index contributed by atoms with van der Waals surface area (Å²) in [6.45, 7) is 4.44. The monoisotopic (exact) mass is 394 g/mol. The van der Waals surface area contributed by atoms with Crippen LogP contribution in [0.4, 0.5) is 18.9 Å². The Hall–Kier alpha value is -2.54. The van der Waals surface area contributed by atoms with Crippen molar-refractivity contribution in [2.75, 3.05) is 19.0 Å². The number of rotatable bonds is 8. The summed E-state index contributed by atoms with van der Waals surface area (Å²) in [7, 11) is 1.62. The highest BCUT2D eigenvalue weighted by Crippen LogP contribution is 2.34. The predicted molar refractivity (Wildman–Crippen MR) is 104 cm³/mol. The summed E-state index contributed by atoms with van der Waals surface area (Å²) in [4.78, 5) is 12.1. The van der Waals surface area contributed by atoms with E-state index in [2.05, 4.69) is 10.6 Å². The predicted octanol–water partition coefficient (Wildman–Crippen LogP) is 4.57. The molecule has 1 atom stereocenters. The normalized spacial score (nSPS) is 12.5. The third-order valence-electron chi connectivity index (χ3n) is 4.32. The topological polar surface area (TPSA) is 50.4 Å². The van der Waals surface area contributed by atoms with E-state index in [-0.39, 0.29) is 18.2 Å². The summed E-state index contributed by atoms with van der Waals surface area (Å²) in [5.74, 6) is 0.339. The summed E-state index contributed by atoms with van der Waals surface area (Å²) in [6, 6.07) is 10.7. The van der Waals surface area contributed by atoms with Crippen LogP contribution in [0.25, 0.3) is 0 Å². The van der Waals surface area contributed by atoms with Crippen LogP contribution in [0, 0.1) is 6.92 Å². The van der Waals surface area contributed by atoms with Crippen LogP contribution in [0.15, 0.2) is 42.5 Å². The molecule has 1 amide bonds. The number of alkyl halides is 3. The van der Waals surface area contributed by atoms with Crippen LogP contribution in [0.5, 0.6) is 5.75 Å². The number of benzene rings is 2. The molecule has 152 valence electrons. The lowest BCUT2D eigenvalue weighted by Crippen LogP contribution is -2.32. The van der Waals surface area contributed by atoms with Crippen LogP contribution in [-0.2, 0) is 17.4 Å². The minimum absolute atomic E-state index is 0.0666. The zero-order chi connectivity index (χ0) is 20.7. The highest BCUT2D eigenvalue weighted by Gasteiger charge is 2.33. The number of ether oxygens (including phenoxy) is 1. The highest BCUT2D eigenvalue weighted by atomic mass is 19.4. The Labute approximate surface area is 163 Å². The van der Waals surface area contributed by atoms with E-state index >= 15 is 0 Å². The maximum absolute atomic E-state index is 13.0. The third-order valence-corrected chi connectivity index (χ3v) is 4.32. The Kier molecular flexibility index (Phi) is 7.45. The molecule has 0 aliphatic heterocycles. The molecule has 2 N–H and O–H groups in total. The van der Waals surface area contributed by atoms with Gasteiger partial charge in [0.15, 0.2) is 0 Å². The van der Waals surface area contributed by atoms with Crippen LogP contribution < -0.4 is 15.4 Å². The lowest BCUT2D eigenvalue weighted by atomic mass is 10.1. The van der Waals surface area contributed by atoms with Crippen molar-refractivity contribution in [1.29, 1.82) is 0 Å². The number of amides is 1. The molecule has 0 saturated heterocycles. The van der Waals surface area contributed by atoms with Crippen LogP contribution in [-0.4, -0.2) is 25.6 Å². The van der Waals surface area contributed by atoms with E-state index in [0.29, 0.717) is 13.0 Å².